The van der Waals surface area contributed by atoms with Gasteiger partial charge in [-0.05, 0) is 42.2 Å². The largest absolute Gasteiger partial charge is 0.438 e. The van der Waals surface area contributed by atoms with Crippen molar-refractivity contribution in [2.24, 2.45) is 0 Å². The molecule has 3 aromatic rings. The number of carbonyl (C=O) groups excluding carboxylic acids is 2. The standard InChI is InChI=1S/C22H17F3N2O3S/c1-2-12-9-14(8-7-13(12)10-18-19(28)27-21(29)31-18)30-20-16-6-4-3-5-15(16)17(11-26-20)22(23,24)25/h3-9,11,18H,2,10H2,1H3,(H,27,28,29). The molecule has 0 spiro atoms. The summed E-state index contributed by atoms with van der Waals surface area (Å²) in [6.07, 6.45) is -2.69. The summed E-state index contributed by atoms with van der Waals surface area (Å²) in [6.45, 7) is 1.95. The summed E-state index contributed by atoms with van der Waals surface area (Å²) in [5.41, 5.74) is 1.01. The summed E-state index contributed by atoms with van der Waals surface area (Å²) in [5.74, 6) is 0.199. The van der Waals surface area contributed by atoms with Crippen LogP contribution in [-0.4, -0.2) is 21.4 Å². The summed E-state index contributed by atoms with van der Waals surface area (Å²) in [4.78, 5) is 27.2. The molecule has 1 unspecified atom stereocenters. The number of nitrogens with one attached hydrogen (secondary N) is 1. The summed E-state index contributed by atoms with van der Waals surface area (Å²) < 4.78 is 45.8. The van der Waals surface area contributed by atoms with Gasteiger partial charge in [0.15, 0.2) is 0 Å². The molecule has 4 rings (SSSR count). The minimum atomic E-state index is -4.52. The average Bonchev–Trinajstić information content (AvgIpc) is 3.05. The topological polar surface area (TPSA) is 68.3 Å². The summed E-state index contributed by atoms with van der Waals surface area (Å²) >= 11 is 0.966. The van der Waals surface area contributed by atoms with Gasteiger partial charge >= 0.3 is 6.18 Å². The number of alkyl halides is 3. The van der Waals surface area contributed by atoms with Crippen LogP contribution in [0.4, 0.5) is 18.0 Å². The Morgan fingerprint density at radius 1 is 1.10 bits per heavy atom. The van der Waals surface area contributed by atoms with Gasteiger partial charge in [-0.25, -0.2) is 4.98 Å². The molecule has 0 radical (unpaired) electrons. The first-order valence-corrected chi connectivity index (χ1v) is 10.4. The fourth-order valence-electron chi connectivity index (χ4n) is 3.51. The highest BCUT2D eigenvalue weighted by molar-refractivity contribution is 8.15. The summed E-state index contributed by atoms with van der Waals surface area (Å²) in [6, 6.07) is 11.4. The second-order valence-electron chi connectivity index (χ2n) is 6.99. The summed E-state index contributed by atoms with van der Waals surface area (Å²) in [5, 5.41) is 1.71. The maximum atomic E-state index is 13.3. The van der Waals surface area contributed by atoms with Gasteiger partial charge in [0.2, 0.25) is 11.8 Å². The Hall–Kier alpha value is -3.07. The van der Waals surface area contributed by atoms with Crippen LogP contribution in [0.1, 0.15) is 23.6 Å². The normalized spacial score (nSPS) is 16.6. The zero-order valence-corrected chi connectivity index (χ0v) is 17.1. The van der Waals surface area contributed by atoms with E-state index in [4.69, 9.17) is 4.74 Å². The van der Waals surface area contributed by atoms with Gasteiger partial charge in [0.25, 0.3) is 5.24 Å². The number of thioether (sulfide) groups is 1. The Morgan fingerprint density at radius 3 is 2.48 bits per heavy atom. The fourth-order valence-corrected chi connectivity index (χ4v) is 4.35. The van der Waals surface area contributed by atoms with Crippen molar-refractivity contribution in [1.82, 2.24) is 10.3 Å². The van der Waals surface area contributed by atoms with Crippen LogP contribution in [0.5, 0.6) is 11.6 Å². The highest BCUT2D eigenvalue weighted by Gasteiger charge is 2.34. The Morgan fingerprint density at radius 2 is 1.84 bits per heavy atom. The van der Waals surface area contributed by atoms with E-state index in [-0.39, 0.29) is 27.8 Å². The molecule has 1 N–H and O–H groups in total. The lowest BCUT2D eigenvalue weighted by atomic mass is 10.00. The second kappa shape index (κ2) is 8.22. The van der Waals surface area contributed by atoms with Gasteiger partial charge in [-0.2, -0.15) is 13.2 Å². The Labute approximate surface area is 180 Å². The van der Waals surface area contributed by atoms with Crippen molar-refractivity contribution in [1.29, 1.82) is 0 Å². The van der Waals surface area contributed by atoms with Crippen LogP contribution in [-0.2, 0) is 23.8 Å². The molecule has 160 valence electrons. The van der Waals surface area contributed by atoms with Crippen LogP contribution >= 0.6 is 11.8 Å². The SMILES string of the molecule is CCc1cc(Oc2ncc(C(F)(F)F)c3ccccc23)ccc1CC1SC(=O)NC1=O. The third kappa shape index (κ3) is 4.36. The third-order valence-electron chi connectivity index (χ3n) is 5.01. The van der Waals surface area contributed by atoms with Crippen molar-refractivity contribution < 1.29 is 27.5 Å². The van der Waals surface area contributed by atoms with E-state index in [0.717, 1.165) is 29.1 Å². The van der Waals surface area contributed by atoms with Crippen LogP contribution in [0.15, 0.2) is 48.7 Å². The lowest BCUT2D eigenvalue weighted by Gasteiger charge is -2.15. The number of fused-ring (bicyclic) bond motifs is 1. The number of aryl methyl sites for hydroxylation is 1. The molecule has 5 nitrogen and oxygen atoms in total. The number of nitrogens with zero attached hydrogens (tertiary/aromatic N) is 1. The molecule has 2 amide bonds. The van der Waals surface area contributed by atoms with Gasteiger partial charge in [0, 0.05) is 17.0 Å². The number of benzene rings is 2. The maximum absolute atomic E-state index is 13.3. The molecule has 1 fully saturated rings. The number of hydrogen-bond donors (Lipinski definition) is 1. The van der Waals surface area contributed by atoms with Crippen LogP contribution in [0.3, 0.4) is 0 Å². The Bertz CT molecular complexity index is 1180. The van der Waals surface area contributed by atoms with Crippen LogP contribution in [0.25, 0.3) is 10.8 Å². The van der Waals surface area contributed by atoms with Gasteiger partial charge in [-0.1, -0.05) is 43.0 Å². The number of amides is 2. The number of halogens is 3. The number of imide groups is 1. The van der Waals surface area contributed by atoms with Crippen molar-refractivity contribution in [3.63, 3.8) is 0 Å². The fraction of sp³-hybridized carbons (Fsp3) is 0.227. The monoisotopic (exact) mass is 446 g/mol. The lowest BCUT2D eigenvalue weighted by molar-refractivity contribution is -0.136. The van der Waals surface area contributed by atoms with Crippen LogP contribution in [0, 0.1) is 0 Å². The van der Waals surface area contributed by atoms with Gasteiger partial charge in [0.05, 0.1) is 10.8 Å². The molecule has 31 heavy (non-hydrogen) atoms. The number of rotatable bonds is 5. The second-order valence-corrected chi connectivity index (χ2v) is 8.17. The minimum Gasteiger partial charge on any atom is -0.438 e. The van der Waals surface area contributed by atoms with E-state index in [0.29, 0.717) is 18.6 Å². The molecular weight excluding hydrogens is 429 g/mol. The van der Waals surface area contributed by atoms with Crippen LogP contribution in [0.2, 0.25) is 0 Å². The lowest BCUT2D eigenvalue weighted by Crippen LogP contribution is -2.25. The molecule has 0 bridgehead atoms. The molecule has 1 aliphatic rings. The van der Waals surface area contributed by atoms with Crippen molar-refractivity contribution in [2.45, 2.75) is 31.2 Å². The molecule has 1 atom stereocenters. The quantitative estimate of drug-likeness (QED) is 0.560. The van der Waals surface area contributed by atoms with E-state index in [2.05, 4.69) is 10.3 Å². The molecule has 0 saturated carbocycles. The van der Waals surface area contributed by atoms with E-state index >= 15 is 0 Å². The number of hydrogen-bond acceptors (Lipinski definition) is 5. The molecule has 2 heterocycles. The molecule has 9 heteroatoms. The highest BCUT2D eigenvalue weighted by Crippen LogP contribution is 2.38. The number of carbonyl (C=O) groups is 2. The number of aromatic nitrogens is 1. The number of pyridine rings is 1. The predicted molar refractivity (Wildman–Crippen MR) is 111 cm³/mol. The first-order chi connectivity index (χ1) is 14.8. The first-order valence-electron chi connectivity index (χ1n) is 9.52. The van der Waals surface area contributed by atoms with E-state index in [9.17, 15) is 22.8 Å². The molecule has 1 saturated heterocycles. The van der Waals surface area contributed by atoms with Crippen molar-refractivity contribution >= 4 is 33.7 Å². The van der Waals surface area contributed by atoms with Gasteiger partial charge in [-0.3, -0.25) is 14.9 Å². The van der Waals surface area contributed by atoms with Gasteiger partial charge in [-0.15, -0.1) is 0 Å². The zero-order valence-electron chi connectivity index (χ0n) is 16.3. The third-order valence-corrected chi connectivity index (χ3v) is 5.99. The van der Waals surface area contributed by atoms with E-state index in [1.807, 2.05) is 6.92 Å². The molecule has 2 aromatic carbocycles. The average molecular weight is 446 g/mol. The Kier molecular flexibility index (Phi) is 5.62. The zero-order chi connectivity index (χ0) is 22.2. The van der Waals surface area contributed by atoms with Crippen molar-refractivity contribution in [3.05, 3.63) is 65.4 Å². The molecule has 1 aliphatic heterocycles. The van der Waals surface area contributed by atoms with E-state index in [1.54, 1.807) is 24.3 Å². The van der Waals surface area contributed by atoms with E-state index in [1.165, 1.54) is 18.2 Å². The minimum absolute atomic E-state index is 0.0151. The predicted octanol–water partition coefficient (Wildman–Crippen LogP) is 5.50. The Balaban J connectivity index is 1.64. The van der Waals surface area contributed by atoms with Crippen molar-refractivity contribution in [3.8, 4) is 11.6 Å². The molecule has 0 aliphatic carbocycles. The first kappa shape index (κ1) is 21.2. The highest BCUT2D eigenvalue weighted by atomic mass is 32.2. The summed E-state index contributed by atoms with van der Waals surface area (Å²) in [7, 11) is 0. The molecular formula is C22H17F3N2O3S. The van der Waals surface area contributed by atoms with Gasteiger partial charge < -0.3 is 4.74 Å². The smallest absolute Gasteiger partial charge is 0.418 e. The molecule has 1 aromatic heterocycles. The van der Waals surface area contributed by atoms with Crippen molar-refractivity contribution in [2.75, 3.05) is 0 Å². The maximum Gasteiger partial charge on any atom is 0.418 e. The van der Waals surface area contributed by atoms with E-state index < -0.39 is 17.0 Å². The number of ether oxygens (including phenoxy) is 1. The van der Waals surface area contributed by atoms with Gasteiger partial charge in [0.1, 0.15) is 5.75 Å². The van der Waals surface area contributed by atoms with Crippen LogP contribution < -0.4 is 10.1 Å².